The first-order chi connectivity index (χ1) is 15.3. The van der Waals surface area contributed by atoms with Crippen molar-refractivity contribution >= 4 is 17.7 Å². The van der Waals surface area contributed by atoms with Crippen molar-refractivity contribution in [3.8, 4) is 5.69 Å². The Kier molecular flexibility index (Phi) is 5.46. The average molecular weight is 430 g/mol. The normalized spacial score (nSPS) is 18.2. The number of carbonyl (C=O) groups excluding carboxylic acids is 3. The Morgan fingerprint density at radius 1 is 0.969 bits per heavy atom. The summed E-state index contributed by atoms with van der Waals surface area (Å²) in [4.78, 5) is 40.3. The summed E-state index contributed by atoms with van der Waals surface area (Å²) in [6.45, 7) is 7.41. The lowest BCUT2D eigenvalue weighted by atomic mass is 9.87. The lowest BCUT2D eigenvalue weighted by molar-refractivity contribution is -0.131. The van der Waals surface area contributed by atoms with Gasteiger partial charge in [-0.15, -0.1) is 0 Å². The Hall–Kier alpha value is -3.67. The van der Waals surface area contributed by atoms with Crippen LogP contribution in [0.3, 0.4) is 0 Å². The predicted octanol–water partition coefficient (Wildman–Crippen LogP) is 4.44. The molecular weight excluding hydrogens is 402 g/mol. The summed E-state index contributed by atoms with van der Waals surface area (Å²) in [6.07, 6.45) is 0.397. The van der Waals surface area contributed by atoms with Crippen LogP contribution in [0.1, 0.15) is 46.2 Å². The number of rotatable bonds is 6. The van der Waals surface area contributed by atoms with E-state index in [2.05, 4.69) is 5.32 Å². The number of benzene rings is 2. The number of imide groups is 1. The minimum absolute atomic E-state index is 0.264. The van der Waals surface area contributed by atoms with Gasteiger partial charge in [-0.25, -0.2) is 4.79 Å². The molecule has 0 spiro atoms. The molecule has 6 nitrogen and oxygen atoms in total. The molecule has 0 bridgehead atoms. The van der Waals surface area contributed by atoms with Crippen LogP contribution < -0.4 is 5.32 Å². The second kappa shape index (κ2) is 8.11. The Bertz CT molecular complexity index is 1200. The molecule has 0 saturated carbocycles. The van der Waals surface area contributed by atoms with Gasteiger partial charge in [0.15, 0.2) is 5.78 Å². The molecule has 0 aliphatic carbocycles. The number of nitrogens with zero attached hydrogens (tertiary/aromatic N) is 2. The monoisotopic (exact) mass is 429 g/mol. The van der Waals surface area contributed by atoms with E-state index in [-0.39, 0.29) is 12.3 Å². The van der Waals surface area contributed by atoms with Crippen molar-refractivity contribution in [2.24, 2.45) is 0 Å². The summed E-state index contributed by atoms with van der Waals surface area (Å²) in [5, 5.41) is 2.83. The molecule has 1 saturated heterocycles. The van der Waals surface area contributed by atoms with Crippen LogP contribution in [0.25, 0.3) is 5.69 Å². The molecule has 1 aliphatic heterocycles. The van der Waals surface area contributed by atoms with Gasteiger partial charge in [0.2, 0.25) is 0 Å². The van der Waals surface area contributed by atoms with Gasteiger partial charge in [-0.1, -0.05) is 55.0 Å². The molecule has 6 heteroatoms. The number of aryl methyl sites for hydroxylation is 2. The molecule has 3 amide bonds. The molecule has 0 radical (unpaired) electrons. The van der Waals surface area contributed by atoms with Gasteiger partial charge in [-0.3, -0.25) is 14.5 Å². The Morgan fingerprint density at radius 2 is 1.62 bits per heavy atom. The van der Waals surface area contributed by atoms with Crippen LogP contribution in [0, 0.1) is 20.8 Å². The van der Waals surface area contributed by atoms with E-state index in [0.29, 0.717) is 17.5 Å². The van der Waals surface area contributed by atoms with Gasteiger partial charge in [0.05, 0.1) is 6.54 Å². The van der Waals surface area contributed by atoms with Crippen LogP contribution in [0.5, 0.6) is 0 Å². The van der Waals surface area contributed by atoms with E-state index >= 15 is 0 Å². The van der Waals surface area contributed by atoms with E-state index in [1.807, 2.05) is 92.9 Å². The van der Waals surface area contributed by atoms with E-state index in [0.717, 1.165) is 27.5 Å². The number of hydrogen-bond acceptors (Lipinski definition) is 3. The smallest absolute Gasteiger partial charge is 0.319 e. The number of aromatic nitrogens is 1. The number of carbonyl (C=O) groups is 3. The highest BCUT2D eigenvalue weighted by molar-refractivity contribution is 6.11. The average Bonchev–Trinajstić information content (AvgIpc) is 3.23. The van der Waals surface area contributed by atoms with Crippen molar-refractivity contribution in [1.29, 1.82) is 0 Å². The van der Waals surface area contributed by atoms with Crippen LogP contribution in [0.2, 0.25) is 0 Å². The first-order valence-electron chi connectivity index (χ1n) is 10.8. The maximum Gasteiger partial charge on any atom is 0.325 e. The molecule has 1 aliphatic rings. The molecule has 2 heterocycles. The van der Waals surface area contributed by atoms with Crippen LogP contribution in [-0.4, -0.2) is 33.7 Å². The molecule has 0 unspecified atom stereocenters. The molecule has 32 heavy (non-hydrogen) atoms. The summed E-state index contributed by atoms with van der Waals surface area (Å²) in [6, 6.07) is 18.5. The SMILES string of the molecule is CC[C@@]1(c2ccccc2)NC(=O)N(CC(=O)c2cc(C)n(-c3ccc(C)cc3)c2C)C1=O. The fourth-order valence-electron chi connectivity index (χ4n) is 4.50. The highest BCUT2D eigenvalue weighted by atomic mass is 16.2. The molecule has 1 aromatic heterocycles. The van der Waals surface area contributed by atoms with Crippen molar-refractivity contribution in [1.82, 2.24) is 14.8 Å². The highest BCUT2D eigenvalue weighted by Gasteiger charge is 2.51. The molecule has 4 rings (SSSR count). The highest BCUT2D eigenvalue weighted by Crippen LogP contribution is 2.32. The maximum atomic E-state index is 13.3. The maximum absolute atomic E-state index is 13.3. The minimum atomic E-state index is -1.14. The summed E-state index contributed by atoms with van der Waals surface area (Å²) < 4.78 is 2.01. The van der Waals surface area contributed by atoms with Crippen LogP contribution in [0.4, 0.5) is 4.79 Å². The summed E-state index contributed by atoms with van der Waals surface area (Å²) in [7, 11) is 0. The van der Waals surface area contributed by atoms with Gasteiger partial charge in [0.1, 0.15) is 5.54 Å². The van der Waals surface area contributed by atoms with Crippen LogP contribution in [-0.2, 0) is 10.3 Å². The third-order valence-corrected chi connectivity index (χ3v) is 6.30. The van der Waals surface area contributed by atoms with Gasteiger partial charge in [0, 0.05) is 22.6 Å². The zero-order valence-corrected chi connectivity index (χ0v) is 18.8. The van der Waals surface area contributed by atoms with Crippen molar-refractivity contribution in [2.45, 2.75) is 39.7 Å². The zero-order valence-electron chi connectivity index (χ0n) is 18.8. The quantitative estimate of drug-likeness (QED) is 0.465. The third-order valence-electron chi connectivity index (χ3n) is 6.30. The van der Waals surface area contributed by atoms with Crippen LogP contribution >= 0.6 is 0 Å². The van der Waals surface area contributed by atoms with E-state index in [4.69, 9.17) is 0 Å². The third kappa shape index (κ3) is 3.42. The van der Waals surface area contributed by atoms with Gasteiger partial charge in [-0.05, 0) is 51.0 Å². The standard InChI is InChI=1S/C26H27N3O3/c1-5-26(20-9-7-6-8-10-20)24(31)28(25(32)27-26)16-23(30)22-15-18(3)29(19(22)4)21-13-11-17(2)12-14-21/h6-15H,5,16H2,1-4H3,(H,27,32)/t26-/m0/s1. The Morgan fingerprint density at radius 3 is 2.25 bits per heavy atom. The first kappa shape index (κ1) is 21.6. The molecule has 1 fully saturated rings. The van der Waals surface area contributed by atoms with Gasteiger partial charge < -0.3 is 9.88 Å². The van der Waals surface area contributed by atoms with E-state index in [1.165, 1.54) is 0 Å². The van der Waals surface area contributed by atoms with Gasteiger partial charge >= 0.3 is 6.03 Å². The second-order valence-corrected chi connectivity index (χ2v) is 8.33. The number of Topliss-reactive ketones (excluding diaryl/α,β-unsaturated/α-hetero) is 1. The minimum Gasteiger partial charge on any atom is -0.319 e. The predicted molar refractivity (Wildman–Crippen MR) is 123 cm³/mol. The summed E-state index contributed by atoms with van der Waals surface area (Å²) in [5.41, 5.74) is 3.91. The lowest BCUT2D eigenvalue weighted by Gasteiger charge is -2.25. The molecule has 3 aromatic rings. The molecule has 1 N–H and O–H groups in total. The molecule has 2 aromatic carbocycles. The Labute approximate surface area is 187 Å². The summed E-state index contributed by atoms with van der Waals surface area (Å²) in [5.74, 6) is -0.656. The summed E-state index contributed by atoms with van der Waals surface area (Å²) >= 11 is 0. The number of amides is 3. The second-order valence-electron chi connectivity index (χ2n) is 8.33. The van der Waals surface area contributed by atoms with Crippen molar-refractivity contribution in [2.75, 3.05) is 6.54 Å². The van der Waals surface area contributed by atoms with Crippen molar-refractivity contribution < 1.29 is 14.4 Å². The van der Waals surface area contributed by atoms with Crippen molar-refractivity contribution in [3.63, 3.8) is 0 Å². The fraction of sp³-hybridized carbons (Fsp3) is 0.269. The zero-order chi connectivity index (χ0) is 23.0. The fourth-order valence-corrected chi connectivity index (χ4v) is 4.50. The van der Waals surface area contributed by atoms with Gasteiger partial charge in [0.25, 0.3) is 5.91 Å². The Balaban J connectivity index is 1.62. The molecular formula is C26H27N3O3. The largest absolute Gasteiger partial charge is 0.325 e. The first-order valence-corrected chi connectivity index (χ1v) is 10.8. The number of hydrogen-bond donors (Lipinski definition) is 1. The van der Waals surface area contributed by atoms with Crippen LogP contribution in [0.15, 0.2) is 60.7 Å². The molecule has 164 valence electrons. The topological polar surface area (TPSA) is 71.4 Å². The van der Waals surface area contributed by atoms with Crippen molar-refractivity contribution in [3.05, 3.63) is 88.7 Å². The van der Waals surface area contributed by atoms with Gasteiger partial charge in [-0.2, -0.15) is 0 Å². The van der Waals surface area contributed by atoms with E-state index < -0.39 is 17.5 Å². The van der Waals surface area contributed by atoms with E-state index in [1.54, 1.807) is 0 Å². The number of urea groups is 1. The number of nitrogens with one attached hydrogen (secondary N) is 1. The molecule has 1 atom stereocenters. The number of ketones is 1. The lowest BCUT2D eigenvalue weighted by Crippen LogP contribution is -2.43. The van der Waals surface area contributed by atoms with E-state index in [9.17, 15) is 14.4 Å².